The van der Waals surface area contributed by atoms with Gasteiger partial charge in [0.1, 0.15) is 0 Å². The first kappa shape index (κ1) is 22.6. The van der Waals surface area contributed by atoms with Crippen LogP contribution in [-0.4, -0.2) is 64.0 Å². The van der Waals surface area contributed by atoms with Gasteiger partial charge in [-0.25, -0.2) is 9.59 Å². The van der Waals surface area contributed by atoms with Gasteiger partial charge in [0.25, 0.3) is 0 Å². The van der Waals surface area contributed by atoms with Gasteiger partial charge in [-0.05, 0) is 42.4 Å². The molecule has 0 radical (unpaired) electrons. The van der Waals surface area contributed by atoms with Crippen molar-refractivity contribution in [2.24, 2.45) is 0 Å². The summed E-state index contributed by atoms with van der Waals surface area (Å²) in [6.45, 7) is 6.44. The molecule has 0 saturated carbocycles. The highest BCUT2D eigenvalue weighted by molar-refractivity contribution is 5.89. The molecule has 2 aliphatic rings. The first-order chi connectivity index (χ1) is 13.8. The fourth-order valence-corrected chi connectivity index (χ4v) is 3.68. The van der Waals surface area contributed by atoms with Crippen molar-refractivity contribution in [3.8, 4) is 0 Å². The fourth-order valence-electron chi connectivity index (χ4n) is 3.68. The third-order valence-electron chi connectivity index (χ3n) is 5.26. The van der Waals surface area contributed by atoms with Gasteiger partial charge in [-0.1, -0.05) is 24.6 Å². The number of benzene rings is 1. The molecule has 7 heteroatoms. The van der Waals surface area contributed by atoms with Crippen LogP contribution in [0.3, 0.4) is 0 Å². The first-order valence-corrected chi connectivity index (χ1v) is 10.1. The summed E-state index contributed by atoms with van der Waals surface area (Å²) >= 11 is 0. The number of carbonyl (C=O) groups excluding carboxylic acids is 1. The number of rotatable bonds is 4. The summed E-state index contributed by atoms with van der Waals surface area (Å²) in [6, 6.07) is 7.08. The van der Waals surface area contributed by atoms with E-state index in [1.54, 1.807) is 18.1 Å². The Labute approximate surface area is 171 Å². The highest BCUT2D eigenvalue weighted by Crippen LogP contribution is 2.22. The van der Waals surface area contributed by atoms with Crippen LogP contribution in [0.25, 0.3) is 0 Å². The highest BCUT2D eigenvalue weighted by Gasteiger charge is 2.19. The topological polar surface area (TPSA) is 98.2 Å². The largest absolute Gasteiger partial charge is 0.478 e. The molecule has 7 nitrogen and oxygen atoms in total. The second-order valence-electron chi connectivity index (χ2n) is 7.46. The van der Waals surface area contributed by atoms with Crippen LogP contribution in [0.15, 0.2) is 30.4 Å². The van der Waals surface area contributed by atoms with Crippen LogP contribution < -0.4 is 0 Å². The van der Waals surface area contributed by atoms with E-state index in [0.717, 1.165) is 32.7 Å². The summed E-state index contributed by atoms with van der Waals surface area (Å²) < 4.78 is 0. The number of carboxylic acids is 2. The van der Waals surface area contributed by atoms with Gasteiger partial charge in [0.2, 0.25) is 5.91 Å². The number of hydrogen-bond donors (Lipinski definition) is 2. The van der Waals surface area contributed by atoms with E-state index in [4.69, 9.17) is 10.2 Å². The Bertz CT molecular complexity index is 736. The van der Waals surface area contributed by atoms with E-state index in [-0.39, 0.29) is 5.91 Å². The van der Waals surface area contributed by atoms with Crippen molar-refractivity contribution in [1.82, 2.24) is 9.80 Å². The number of hydrogen-bond acceptors (Lipinski definition) is 4. The molecule has 1 aliphatic carbocycles. The second-order valence-corrected chi connectivity index (χ2v) is 7.46. The summed E-state index contributed by atoms with van der Waals surface area (Å²) in [5.41, 5.74) is 4.58. The summed E-state index contributed by atoms with van der Waals surface area (Å²) in [5.74, 6) is -2.31. The SMILES string of the molecule is CC(=O)N1CCN(Cc2ccc3c(c2)CCCCC3)CC1.O=C(O)/C=C\C(=O)O. The normalized spacial score (nSPS) is 17.1. The second kappa shape index (κ2) is 11.4. The molecule has 1 aliphatic heterocycles. The Kier molecular flexibility index (Phi) is 8.86. The molecule has 1 saturated heterocycles. The third kappa shape index (κ3) is 8.07. The molecule has 0 bridgehead atoms. The monoisotopic (exact) mass is 402 g/mol. The Morgan fingerprint density at radius 3 is 2.03 bits per heavy atom. The molecule has 1 aromatic carbocycles. The number of nitrogens with zero attached hydrogens (tertiary/aromatic N) is 2. The van der Waals surface area contributed by atoms with Gasteiger partial charge >= 0.3 is 11.9 Å². The zero-order valence-corrected chi connectivity index (χ0v) is 17.0. The van der Waals surface area contributed by atoms with E-state index in [1.807, 2.05) is 4.90 Å². The van der Waals surface area contributed by atoms with Crippen molar-refractivity contribution in [2.45, 2.75) is 45.6 Å². The van der Waals surface area contributed by atoms with E-state index in [1.165, 1.54) is 37.7 Å². The first-order valence-electron chi connectivity index (χ1n) is 10.1. The van der Waals surface area contributed by atoms with E-state index in [9.17, 15) is 14.4 Å². The lowest BCUT2D eigenvalue weighted by Crippen LogP contribution is -2.47. The molecule has 0 unspecified atom stereocenters. The standard InChI is InChI=1S/C18H26N2O.C4H4O4/c1-15(21)20-11-9-19(10-12-20)14-16-7-8-17-5-3-2-4-6-18(17)13-16;5-3(6)1-2-4(7)8/h7-8,13H,2-6,9-12,14H2,1H3;1-2H,(H,5,6)(H,7,8)/b;2-1-. The molecule has 29 heavy (non-hydrogen) atoms. The molecular weight excluding hydrogens is 372 g/mol. The number of aryl methyl sites for hydroxylation is 2. The average molecular weight is 402 g/mol. The predicted octanol–water partition coefficient (Wildman–Crippen LogP) is 2.33. The van der Waals surface area contributed by atoms with Crippen LogP contribution in [-0.2, 0) is 33.8 Å². The van der Waals surface area contributed by atoms with Crippen molar-refractivity contribution in [3.63, 3.8) is 0 Å². The van der Waals surface area contributed by atoms with Crippen LogP contribution in [0.5, 0.6) is 0 Å². The van der Waals surface area contributed by atoms with E-state index < -0.39 is 11.9 Å². The zero-order valence-electron chi connectivity index (χ0n) is 17.0. The summed E-state index contributed by atoms with van der Waals surface area (Å²) in [5, 5.41) is 15.6. The third-order valence-corrected chi connectivity index (χ3v) is 5.26. The number of carbonyl (C=O) groups is 3. The van der Waals surface area contributed by atoms with Crippen LogP contribution in [0, 0.1) is 0 Å². The number of amides is 1. The Morgan fingerprint density at radius 1 is 0.897 bits per heavy atom. The highest BCUT2D eigenvalue weighted by atomic mass is 16.4. The predicted molar refractivity (Wildman–Crippen MR) is 110 cm³/mol. The quantitative estimate of drug-likeness (QED) is 0.593. The number of carboxylic acid groups (broad SMARTS) is 2. The summed E-state index contributed by atoms with van der Waals surface area (Å²) in [6.07, 6.45) is 7.68. The smallest absolute Gasteiger partial charge is 0.328 e. The fraction of sp³-hybridized carbons (Fsp3) is 0.500. The van der Waals surface area contributed by atoms with Crippen molar-refractivity contribution >= 4 is 17.8 Å². The van der Waals surface area contributed by atoms with Gasteiger partial charge in [0.15, 0.2) is 0 Å². The molecular formula is C22H30N2O5. The lowest BCUT2D eigenvalue weighted by Gasteiger charge is -2.34. The molecule has 1 amide bonds. The molecule has 1 fully saturated rings. The minimum atomic E-state index is -1.26. The van der Waals surface area contributed by atoms with E-state index in [0.29, 0.717) is 12.2 Å². The lowest BCUT2D eigenvalue weighted by atomic mass is 10.00. The molecule has 3 rings (SSSR count). The van der Waals surface area contributed by atoms with Crippen molar-refractivity contribution in [2.75, 3.05) is 26.2 Å². The van der Waals surface area contributed by atoms with Crippen molar-refractivity contribution in [3.05, 3.63) is 47.0 Å². The summed E-state index contributed by atoms with van der Waals surface area (Å²) in [4.78, 5) is 34.9. The van der Waals surface area contributed by atoms with Gasteiger partial charge in [0.05, 0.1) is 0 Å². The number of aliphatic carboxylic acids is 2. The molecule has 0 atom stereocenters. The minimum Gasteiger partial charge on any atom is -0.478 e. The summed E-state index contributed by atoms with van der Waals surface area (Å²) in [7, 11) is 0. The zero-order chi connectivity index (χ0) is 21.2. The Morgan fingerprint density at radius 2 is 1.48 bits per heavy atom. The van der Waals surface area contributed by atoms with Crippen molar-refractivity contribution in [1.29, 1.82) is 0 Å². The number of fused-ring (bicyclic) bond motifs is 1. The lowest BCUT2D eigenvalue weighted by molar-refractivity contribution is -0.134. The van der Waals surface area contributed by atoms with E-state index in [2.05, 4.69) is 23.1 Å². The molecule has 0 aromatic heterocycles. The molecule has 2 N–H and O–H groups in total. The molecule has 1 heterocycles. The van der Waals surface area contributed by atoms with Crippen molar-refractivity contribution < 1.29 is 24.6 Å². The Balaban J connectivity index is 0.000000321. The van der Waals surface area contributed by atoms with Crippen LogP contribution in [0.1, 0.15) is 42.9 Å². The maximum absolute atomic E-state index is 11.4. The number of piperazine rings is 1. The van der Waals surface area contributed by atoms with Gasteiger partial charge in [0, 0.05) is 51.8 Å². The van der Waals surface area contributed by atoms with Gasteiger partial charge in [-0.3, -0.25) is 9.69 Å². The van der Waals surface area contributed by atoms with Crippen LogP contribution >= 0.6 is 0 Å². The molecule has 1 aromatic rings. The van der Waals surface area contributed by atoms with Gasteiger partial charge in [-0.15, -0.1) is 0 Å². The maximum atomic E-state index is 11.4. The van der Waals surface area contributed by atoms with E-state index >= 15 is 0 Å². The molecule has 0 spiro atoms. The van der Waals surface area contributed by atoms with Gasteiger partial charge < -0.3 is 15.1 Å². The minimum absolute atomic E-state index is 0.208. The van der Waals surface area contributed by atoms with Crippen LogP contribution in [0.2, 0.25) is 0 Å². The molecule has 158 valence electrons. The van der Waals surface area contributed by atoms with Crippen LogP contribution in [0.4, 0.5) is 0 Å². The van der Waals surface area contributed by atoms with Gasteiger partial charge in [-0.2, -0.15) is 0 Å². The maximum Gasteiger partial charge on any atom is 0.328 e. The Hall–Kier alpha value is -2.67. The average Bonchev–Trinajstić information content (AvgIpc) is 2.92.